The van der Waals surface area contributed by atoms with Crippen LogP contribution in [-0.4, -0.2) is 26.0 Å². The van der Waals surface area contributed by atoms with E-state index in [-0.39, 0.29) is 5.56 Å². The van der Waals surface area contributed by atoms with E-state index in [0.717, 1.165) is 10.7 Å². The second-order valence-corrected chi connectivity index (χ2v) is 4.17. The lowest BCUT2D eigenvalue weighted by atomic mass is 10.2. The van der Waals surface area contributed by atoms with Gasteiger partial charge in [-0.25, -0.2) is 9.78 Å². The molecular formula is C11H9N3O2S. The van der Waals surface area contributed by atoms with Gasteiger partial charge in [0.2, 0.25) is 0 Å². The highest BCUT2D eigenvalue weighted by Crippen LogP contribution is 2.18. The Kier molecular flexibility index (Phi) is 3.66. The zero-order chi connectivity index (χ0) is 12.1. The molecule has 0 saturated carbocycles. The van der Waals surface area contributed by atoms with Gasteiger partial charge in [-0.15, -0.1) is 0 Å². The van der Waals surface area contributed by atoms with Crippen molar-refractivity contribution in [3.8, 4) is 0 Å². The monoisotopic (exact) mass is 247 g/mol. The second-order valence-electron chi connectivity index (χ2n) is 3.18. The first-order chi connectivity index (χ1) is 8.25. The van der Waals surface area contributed by atoms with Crippen LogP contribution in [0.15, 0.2) is 41.9 Å². The number of hydrogen-bond donors (Lipinski definition) is 1. The average molecular weight is 247 g/mol. The minimum Gasteiger partial charge on any atom is -0.478 e. The van der Waals surface area contributed by atoms with Crippen molar-refractivity contribution in [3.05, 3.63) is 48.2 Å². The van der Waals surface area contributed by atoms with Gasteiger partial charge < -0.3 is 5.11 Å². The first-order valence-electron chi connectivity index (χ1n) is 4.83. The lowest BCUT2D eigenvalue weighted by molar-refractivity contribution is 0.0696. The minimum atomic E-state index is -0.967. The van der Waals surface area contributed by atoms with Crippen molar-refractivity contribution in [1.82, 2.24) is 15.0 Å². The quantitative estimate of drug-likeness (QED) is 0.831. The smallest absolute Gasteiger partial charge is 0.337 e. The molecule has 2 aromatic heterocycles. The van der Waals surface area contributed by atoms with Gasteiger partial charge >= 0.3 is 5.97 Å². The average Bonchev–Trinajstić information content (AvgIpc) is 2.38. The van der Waals surface area contributed by atoms with E-state index < -0.39 is 5.97 Å². The standard InChI is InChI=1S/C11H9N3O2S/c15-11(16)8-1-2-9(14-5-8)7-17-10-6-12-3-4-13-10/h1-6H,7H2,(H,15,16). The van der Waals surface area contributed by atoms with Gasteiger partial charge in [0.05, 0.1) is 17.5 Å². The van der Waals surface area contributed by atoms with E-state index in [0.29, 0.717) is 5.75 Å². The number of carboxylic acid groups (broad SMARTS) is 1. The van der Waals surface area contributed by atoms with Crippen LogP contribution in [0.5, 0.6) is 0 Å². The molecule has 0 saturated heterocycles. The Bertz CT molecular complexity index is 502. The number of carboxylic acids is 1. The highest BCUT2D eigenvalue weighted by atomic mass is 32.2. The number of aromatic nitrogens is 3. The molecule has 0 amide bonds. The molecule has 0 atom stereocenters. The number of aromatic carboxylic acids is 1. The van der Waals surface area contributed by atoms with Crippen LogP contribution in [-0.2, 0) is 5.75 Å². The third-order valence-corrected chi connectivity index (χ3v) is 2.93. The summed E-state index contributed by atoms with van der Waals surface area (Å²) in [4.78, 5) is 22.8. The van der Waals surface area contributed by atoms with E-state index in [2.05, 4.69) is 15.0 Å². The van der Waals surface area contributed by atoms with Gasteiger partial charge in [-0.05, 0) is 12.1 Å². The summed E-state index contributed by atoms with van der Waals surface area (Å²) in [6.45, 7) is 0. The van der Waals surface area contributed by atoms with Crippen molar-refractivity contribution < 1.29 is 9.90 Å². The van der Waals surface area contributed by atoms with Crippen molar-refractivity contribution in [2.75, 3.05) is 0 Å². The van der Waals surface area contributed by atoms with Gasteiger partial charge in [-0.1, -0.05) is 11.8 Å². The zero-order valence-electron chi connectivity index (χ0n) is 8.78. The fraction of sp³-hybridized carbons (Fsp3) is 0.0909. The summed E-state index contributed by atoms with van der Waals surface area (Å²) in [6.07, 6.45) is 6.28. The molecule has 2 rings (SSSR count). The molecule has 1 N–H and O–H groups in total. The van der Waals surface area contributed by atoms with Crippen LogP contribution in [0.3, 0.4) is 0 Å². The number of carbonyl (C=O) groups is 1. The van der Waals surface area contributed by atoms with E-state index in [1.165, 1.54) is 18.0 Å². The van der Waals surface area contributed by atoms with Crippen LogP contribution >= 0.6 is 11.8 Å². The predicted octanol–water partition coefficient (Wildman–Crippen LogP) is 1.86. The van der Waals surface area contributed by atoms with Crippen LogP contribution in [0.25, 0.3) is 0 Å². The Morgan fingerprint density at radius 2 is 2.12 bits per heavy atom. The van der Waals surface area contributed by atoms with Crippen LogP contribution < -0.4 is 0 Å². The van der Waals surface area contributed by atoms with Crippen molar-refractivity contribution in [2.45, 2.75) is 10.8 Å². The minimum absolute atomic E-state index is 0.193. The van der Waals surface area contributed by atoms with Crippen molar-refractivity contribution in [1.29, 1.82) is 0 Å². The summed E-state index contributed by atoms with van der Waals surface area (Å²) < 4.78 is 0. The topological polar surface area (TPSA) is 76.0 Å². The molecule has 86 valence electrons. The summed E-state index contributed by atoms with van der Waals surface area (Å²) >= 11 is 1.50. The summed E-state index contributed by atoms with van der Waals surface area (Å²) in [5.41, 5.74) is 1.00. The van der Waals surface area contributed by atoms with E-state index in [1.54, 1.807) is 30.7 Å². The third kappa shape index (κ3) is 3.25. The number of pyridine rings is 1. The zero-order valence-corrected chi connectivity index (χ0v) is 9.59. The summed E-state index contributed by atoms with van der Waals surface area (Å²) in [6, 6.07) is 3.24. The Labute approximate surface area is 102 Å². The fourth-order valence-corrected chi connectivity index (χ4v) is 1.88. The molecule has 0 unspecified atom stereocenters. The molecule has 0 spiro atoms. The summed E-state index contributed by atoms with van der Waals surface area (Å²) in [7, 11) is 0. The van der Waals surface area contributed by atoms with Crippen LogP contribution in [0.4, 0.5) is 0 Å². The highest BCUT2D eigenvalue weighted by Gasteiger charge is 2.03. The number of nitrogens with zero attached hydrogens (tertiary/aromatic N) is 3. The maximum Gasteiger partial charge on any atom is 0.337 e. The normalized spacial score (nSPS) is 10.1. The molecular weight excluding hydrogens is 238 g/mol. The van der Waals surface area contributed by atoms with Crippen molar-refractivity contribution in [3.63, 3.8) is 0 Å². The molecule has 0 aliphatic heterocycles. The van der Waals surface area contributed by atoms with Crippen LogP contribution in [0.1, 0.15) is 16.1 Å². The van der Waals surface area contributed by atoms with Gasteiger partial charge in [-0.3, -0.25) is 9.97 Å². The van der Waals surface area contributed by atoms with E-state index in [1.807, 2.05) is 0 Å². The first kappa shape index (κ1) is 11.5. The summed E-state index contributed by atoms with van der Waals surface area (Å²) in [5, 5.41) is 9.54. The molecule has 0 bridgehead atoms. The highest BCUT2D eigenvalue weighted by molar-refractivity contribution is 7.98. The third-order valence-electron chi connectivity index (χ3n) is 1.98. The number of hydrogen-bond acceptors (Lipinski definition) is 5. The SMILES string of the molecule is O=C(O)c1ccc(CSc2cnccn2)nc1. The Morgan fingerprint density at radius 3 is 2.71 bits per heavy atom. The van der Waals surface area contributed by atoms with Gasteiger partial charge in [0.15, 0.2) is 0 Å². The molecule has 5 nitrogen and oxygen atoms in total. The van der Waals surface area contributed by atoms with Gasteiger partial charge in [0.1, 0.15) is 5.03 Å². The largest absolute Gasteiger partial charge is 0.478 e. The molecule has 0 aliphatic rings. The molecule has 0 aliphatic carbocycles. The molecule has 2 aromatic rings. The number of rotatable bonds is 4. The molecule has 17 heavy (non-hydrogen) atoms. The van der Waals surface area contributed by atoms with Crippen LogP contribution in [0.2, 0.25) is 0 Å². The first-order valence-corrected chi connectivity index (χ1v) is 5.81. The lowest BCUT2D eigenvalue weighted by Crippen LogP contribution is -1.98. The number of thioether (sulfide) groups is 1. The maximum atomic E-state index is 10.6. The van der Waals surface area contributed by atoms with Gasteiger partial charge in [0.25, 0.3) is 0 Å². The molecule has 0 radical (unpaired) electrons. The van der Waals surface area contributed by atoms with E-state index in [9.17, 15) is 4.79 Å². The maximum absolute atomic E-state index is 10.6. The van der Waals surface area contributed by atoms with E-state index in [4.69, 9.17) is 5.11 Å². The molecule has 0 fully saturated rings. The molecule has 2 heterocycles. The van der Waals surface area contributed by atoms with E-state index >= 15 is 0 Å². The van der Waals surface area contributed by atoms with Crippen molar-refractivity contribution in [2.24, 2.45) is 0 Å². The van der Waals surface area contributed by atoms with Crippen LogP contribution in [0, 0.1) is 0 Å². The second kappa shape index (κ2) is 5.40. The Balaban J connectivity index is 1.98. The summed E-state index contributed by atoms with van der Waals surface area (Å²) in [5.74, 6) is -0.330. The molecule has 0 aromatic carbocycles. The van der Waals surface area contributed by atoms with Gasteiger partial charge in [0, 0.05) is 24.3 Å². The van der Waals surface area contributed by atoms with Gasteiger partial charge in [-0.2, -0.15) is 0 Å². The molecule has 6 heteroatoms. The van der Waals surface area contributed by atoms with Crippen molar-refractivity contribution >= 4 is 17.7 Å². The fourth-order valence-electron chi connectivity index (χ4n) is 1.14. The lowest BCUT2D eigenvalue weighted by Gasteiger charge is -2.00. The Morgan fingerprint density at radius 1 is 1.24 bits per heavy atom. The predicted molar refractivity (Wildman–Crippen MR) is 62.8 cm³/mol. The Hall–Kier alpha value is -1.95.